The molecule has 0 bridgehead atoms. The van der Waals surface area contributed by atoms with E-state index >= 15 is 0 Å². The van der Waals surface area contributed by atoms with Crippen LogP contribution in [0.1, 0.15) is 33.6 Å². The van der Waals surface area contributed by atoms with Crippen molar-refractivity contribution >= 4 is 11.6 Å². The molecule has 0 aliphatic carbocycles. The highest BCUT2D eigenvalue weighted by Gasteiger charge is 2.19. The van der Waals surface area contributed by atoms with Crippen LogP contribution >= 0.6 is 0 Å². The molecule has 2 heterocycles. The van der Waals surface area contributed by atoms with Crippen LogP contribution in [-0.4, -0.2) is 17.4 Å². The number of carbonyl (C=O) groups is 1. The minimum absolute atomic E-state index is 0.112. The van der Waals surface area contributed by atoms with Crippen molar-refractivity contribution in [3.63, 3.8) is 0 Å². The molecule has 0 spiro atoms. The Morgan fingerprint density at radius 2 is 1.63 bits per heavy atom. The molecule has 1 amide bonds. The number of aryl methyl sites for hydroxylation is 1. The quantitative estimate of drug-likeness (QED) is 0.679. The highest BCUT2D eigenvalue weighted by Crippen LogP contribution is 2.27. The molecule has 0 saturated heterocycles. The third kappa shape index (κ3) is 4.17. The molecule has 0 unspecified atom stereocenters. The summed E-state index contributed by atoms with van der Waals surface area (Å²) in [7, 11) is 0. The van der Waals surface area contributed by atoms with Crippen molar-refractivity contribution in [2.24, 2.45) is 0 Å². The van der Waals surface area contributed by atoms with Crippen molar-refractivity contribution in [3.05, 3.63) is 95.3 Å². The van der Waals surface area contributed by atoms with Gasteiger partial charge in [-0.25, -0.2) is 4.98 Å². The predicted molar refractivity (Wildman–Crippen MR) is 108 cm³/mol. The van der Waals surface area contributed by atoms with Gasteiger partial charge in [0.2, 0.25) is 0 Å². The van der Waals surface area contributed by atoms with Gasteiger partial charge in [0, 0.05) is 19.6 Å². The summed E-state index contributed by atoms with van der Waals surface area (Å²) in [6, 6.07) is 22.6. The van der Waals surface area contributed by atoms with E-state index in [1.165, 1.54) is 16.7 Å². The minimum Gasteiger partial charge on any atom is -0.362 e. The standard InChI is InChI=1S/C23H23N3O/c27-23(24-14-6-9-18-7-2-1-3-8-18)22-13-12-21(15-25-22)26-16-19-10-4-5-11-20(19)17-26/h1-5,7-8,10-13,15H,6,9,14,16-17H2,(H,24,27). The first kappa shape index (κ1) is 17.3. The molecule has 1 N–H and O–H groups in total. The van der Waals surface area contributed by atoms with Crippen molar-refractivity contribution in [2.75, 3.05) is 11.4 Å². The SMILES string of the molecule is O=C(NCCCc1ccccc1)c1ccc(N2Cc3ccccc3C2)cn1. The fourth-order valence-corrected chi connectivity index (χ4v) is 3.45. The summed E-state index contributed by atoms with van der Waals surface area (Å²) >= 11 is 0. The number of amides is 1. The molecule has 2 aromatic carbocycles. The predicted octanol–water partition coefficient (Wildman–Crippen LogP) is 3.96. The van der Waals surface area contributed by atoms with Gasteiger partial charge in [-0.15, -0.1) is 0 Å². The molecule has 0 atom stereocenters. The zero-order valence-corrected chi connectivity index (χ0v) is 15.3. The second-order valence-electron chi connectivity index (χ2n) is 6.87. The van der Waals surface area contributed by atoms with Crippen LogP contribution in [-0.2, 0) is 19.5 Å². The molecule has 0 radical (unpaired) electrons. The molecule has 4 rings (SSSR count). The zero-order chi connectivity index (χ0) is 18.5. The van der Waals surface area contributed by atoms with E-state index in [2.05, 4.69) is 51.6 Å². The van der Waals surface area contributed by atoms with Crippen molar-refractivity contribution in [2.45, 2.75) is 25.9 Å². The monoisotopic (exact) mass is 357 g/mol. The number of nitrogens with zero attached hydrogens (tertiary/aromatic N) is 2. The van der Waals surface area contributed by atoms with E-state index in [1.54, 1.807) is 6.20 Å². The Hall–Kier alpha value is -3.14. The van der Waals surface area contributed by atoms with Crippen molar-refractivity contribution in [1.82, 2.24) is 10.3 Å². The number of pyridine rings is 1. The number of aromatic nitrogens is 1. The first-order valence-electron chi connectivity index (χ1n) is 9.39. The van der Waals surface area contributed by atoms with Gasteiger partial charge in [0.15, 0.2) is 0 Å². The molecule has 27 heavy (non-hydrogen) atoms. The maximum Gasteiger partial charge on any atom is 0.269 e. The van der Waals surface area contributed by atoms with E-state index in [4.69, 9.17) is 0 Å². The molecule has 4 nitrogen and oxygen atoms in total. The number of anilines is 1. The summed E-state index contributed by atoms with van der Waals surface area (Å²) in [5.41, 5.74) is 5.53. The number of benzene rings is 2. The molecule has 1 aliphatic heterocycles. The molecule has 136 valence electrons. The van der Waals surface area contributed by atoms with Gasteiger partial charge in [-0.3, -0.25) is 4.79 Å². The van der Waals surface area contributed by atoms with E-state index in [0.29, 0.717) is 12.2 Å². The van der Waals surface area contributed by atoms with Gasteiger partial charge in [-0.05, 0) is 41.7 Å². The average molecular weight is 357 g/mol. The molecular formula is C23H23N3O. The Balaban J connectivity index is 1.28. The highest BCUT2D eigenvalue weighted by atomic mass is 16.1. The summed E-state index contributed by atoms with van der Waals surface area (Å²) in [4.78, 5) is 18.9. The van der Waals surface area contributed by atoms with Crippen molar-refractivity contribution < 1.29 is 4.79 Å². The van der Waals surface area contributed by atoms with E-state index in [-0.39, 0.29) is 5.91 Å². The van der Waals surface area contributed by atoms with Crippen LogP contribution in [0.4, 0.5) is 5.69 Å². The number of hydrogen-bond donors (Lipinski definition) is 1. The van der Waals surface area contributed by atoms with Crippen LogP contribution in [0.25, 0.3) is 0 Å². The molecule has 3 aromatic rings. The number of rotatable bonds is 6. The summed E-state index contributed by atoms with van der Waals surface area (Å²) in [6.45, 7) is 2.43. The molecule has 4 heteroatoms. The van der Waals surface area contributed by atoms with Gasteiger partial charge < -0.3 is 10.2 Å². The Bertz CT molecular complexity index is 881. The van der Waals surface area contributed by atoms with Crippen LogP contribution in [0.3, 0.4) is 0 Å². The van der Waals surface area contributed by atoms with Gasteiger partial charge in [0.1, 0.15) is 5.69 Å². The topological polar surface area (TPSA) is 45.2 Å². The van der Waals surface area contributed by atoms with E-state index in [9.17, 15) is 4.79 Å². The molecule has 0 fully saturated rings. The summed E-state index contributed by atoms with van der Waals surface area (Å²) in [5.74, 6) is -0.112. The molecule has 1 aromatic heterocycles. The van der Waals surface area contributed by atoms with Crippen molar-refractivity contribution in [1.29, 1.82) is 0 Å². The second kappa shape index (κ2) is 8.04. The molecule has 0 saturated carbocycles. The molecular weight excluding hydrogens is 334 g/mol. The van der Waals surface area contributed by atoms with E-state index in [1.807, 2.05) is 30.3 Å². The van der Waals surface area contributed by atoms with Crippen LogP contribution < -0.4 is 10.2 Å². The lowest BCUT2D eigenvalue weighted by molar-refractivity contribution is 0.0948. The lowest BCUT2D eigenvalue weighted by Crippen LogP contribution is -2.26. The first-order valence-corrected chi connectivity index (χ1v) is 9.39. The highest BCUT2D eigenvalue weighted by molar-refractivity contribution is 5.92. The fourth-order valence-electron chi connectivity index (χ4n) is 3.45. The normalized spacial score (nSPS) is 12.7. The Labute approximate surface area is 159 Å². The smallest absolute Gasteiger partial charge is 0.269 e. The first-order chi connectivity index (χ1) is 13.3. The van der Waals surface area contributed by atoms with Gasteiger partial charge in [-0.1, -0.05) is 54.6 Å². The lowest BCUT2D eigenvalue weighted by Gasteiger charge is -2.17. The number of hydrogen-bond acceptors (Lipinski definition) is 3. The van der Waals surface area contributed by atoms with Crippen LogP contribution in [0, 0.1) is 0 Å². The minimum atomic E-state index is -0.112. The fraction of sp³-hybridized carbons (Fsp3) is 0.217. The van der Waals surface area contributed by atoms with Crippen molar-refractivity contribution in [3.8, 4) is 0 Å². The van der Waals surface area contributed by atoms with Gasteiger partial charge in [0.05, 0.1) is 11.9 Å². The zero-order valence-electron chi connectivity index (χ0n) is 15.3. The average Bonchev–Trinajstić information content (AvgIpc) is 3.16. The maximum absolute atomic E-state index is 12.3. The van der Waals surface area contributed by atoms with Crippen LogP contribution in [0.5, 0.6) is 0 Å². The number of fused-ring (bicyclic) bond motifs is 1. The molecule has 1 aliphatic rings. The Kier molecular flexibility index (Phi) is 5.15. The second-order valence-corrected chi connectivity index (χ2v) is 6.87. The summed E-state index contributed by atoms with van der Waals surface area (Å²) < 4.78 is 0. The number of carbonyl (C=O) groups excluding carboxylic acids is 1. The van der Waals surface area contributed by atoms with Gasteiger partial charge in [-0.2, -0.15) is 0 Å². The number of nitrogens with one attached hydrogen (secondary N) is 1. The largest absolute Gasteiger partial charge is 0.362 e. The third-order valence-electron chi connectivity index (χ3n) is 4.96. The third-order valence-corrected chi connectivity index (χ3v) is 4.96. The summed E-state index contributed by atoms with van der Waals surface area (Å²) in [5, 5.41) is 2.96. The Morgan fingerprint density at radius 1 is 0.926 bits per heavy atom. The summed E-state index contributed by atoms with van der Waals surface area (Å²) in [6.07, 6.45) is 3.67. The van der Waals surface area contributed by atoms with E-state index in [0.717, 1.165) is 31.6 Å². The van der Waals surface area contributed by atoms with Gasteiger partial charge in [0.25, 0.3) is 5.91 Å². The van der Waals surface area contributed by atoms with Gasteiger partial charge >= 0.3 is 0 Å². The Morgan fingerprint density at radius 3 is 2.30 bits per heavy atom. The lowest BCUT2D eigenvalue weighted by atomic mass is 10.1. The maximum atomic E-state index is 12.3. The van der Waals surface area contributed by atoms with Crippen LogP contribution in [0.2, 0.25) is 0 Å². The van der Waals surface area contributed by atoms with Crippen LogP contribution in [0.15, 0.2) is 72.9 Å². The van der Waals surface area contributed by atoms with E-state index < -0.39 is 0 Å².